The highest BCUT2D eigenvalue weighted by Crippen LogP contribution is 2.42. The summed E-state index contributed by atoms with van der Waals surface area (Å²) in [6.45, 7) is 60.3. The van der Waals surface area contributed by atoms with Gasteiger partial charge in [0, 0.05) is 44.5 Å². The van der Waals surface area contributed by atoms with Crippen LogP contribution in [0.15, 0.2) is 248 Å². The van der Waals surface area contributed by atoms with Crippen LogP contribution < -0.4 is 10.1 Å². The highest BCUT2D eigenvalue weighted by Gasteiger charge is 2.28. The minimum atomic E-state index is -0.407. The van der Waals surface area contributed by atoms with E-state index >= 15 is 0 Å². The molecule has 652 valence electrons. The highest BCUT2D eigenvalue weighted by atomic mass is 32.1. The first kappa shape index (κ1) is 108. The van der Waals surface area contributed by atoms with Crippen molar-refractivity contribution in [2.45, 2.75) is 289 Å². The Morgan fingerprint density at radius 1 is 0.425 bits per heavy atom. The van der Waals surface area contributed by atoms with Crippen molar-refractivity contribution in [1.29, 1.82) is 0 Å². The van der Waals surface area contributed by atoms with Crippen molar-refractivity contribution in [3.63, 3.8) is 0 Å². The van der Waals surface area contributed by atoms with E-state index in [0.29, 0.717) is 36.0 Å². The first-order valence-electron chi connectivity index (χ1n) is 46.0. The van der Waals surface area contributed by atoms with E-state index in [0.717, 1.165) is 44.2 Å². The van der Waals surface area contributed by atoms with Crippen LogP contribution in [-0.4, -0.2) is 29.4 Å². The number of aromatic nitrogens is 1. The Kier molecular flexibility index (Phi) is 56.4. The zero-order valence-corrected chi connectivity index (χ0v) is 80.7. The number of anilines is 1. The maximum absolute atomic E-state index is 11.6. The SMILES string of the molecule is CC.CC.CC.CC.CC.CC.CC.CCC(C)(C)C(=O)Oc1ccccc1.CCC(C)C(=O)Nc1ccccc1.CCC(C)C(=O)OCCc1ccccc1.CCC(C)c1ccc2c(c1)Cc1ccccc1-2.CCC(C)c1ccc2sccc2c1.CCC(C)c1cccc2[nH]c3ccccc3c12.CCC(C)c1cccc2c1Cc1ccccc1-2. The lowest BCUT2D eigenvalue weighted by Crippen LogP contribution is -2.28. The Hall–Kier alpha value is -9.63. The van der Waals surface area contributed by atoms with Crippen molar-refractivity contribution in [3.8, 4) is 28.0 Å². The largest absolute Gasteiger partial charge is 0.465 e. The summed E-state index contributed by atoms with van der Waals surface area (Å²) in [5, 5.41) is 9.15. The molecule has 2 heterocycles. The molecule has 7 nitrogen and oxygen atoms in total. The second-order valence-corrected chi connectivity index (χ2v) is 30.1. The number of hydrogen-bond donors (Lipinski definition) is 2. The second kappa shape index (κ2) is 62.5. The third-order valence-electron chi connectivity index (χ3n) is 21.4. The molecule has 120 heavy (non-hydrogen) atoms. The Morgan fingerprint density at radius 3 is 1.45 bits per heavy atom. The smallest absolute Gasteiger partial charge is 0.316 e. The molecule has 6 atom stereocenters. The van der Waals surface area contributed by atoms with E-state index in [2.05, 4.69) is 223 Å². The fraction of sp³-hybridized carbons (Fsp3) is 0.420. The van der Waals surface area contributed by atoms with Crippen molar-refractivity contribution in [3.05, 3.63) is 298 Å². The number of carbonyl (C=O) groups is 3. The number of esters is 2. The third-order valence-corrected chi connectivity index (χ3v) is 22.3. The van der Waals surface area contributed by atoms with Crippen molar-refractivity contribution < 1.29 is 23.9 Å². The third kappa shape index (κ3) is 34.5. The predicted molar refractivity (Wildman–Crippen MR) is 532 cm³/mol. The van der Waals surface area contributed by atoms with E-state index in [-0.39, 0.29) is 29.7 Å². The molecule has 14 rings (SSSR count). The fourth-order valence-electron chi connectivity index (χ4n) is 12.7. The summed E-state index contributed by atoms with van der Waals surface area (Å²) in [4.78, 5) is 37.9. The van der Waals surface area contributed by atoms with E-state index in [1.165, 1.54) is 119 Å². The molecule has 0 saturated heterocycles. The molecule has 10 aromatic carbocycles. The lowest BCUT2D eigenvalue weighted by molar-refractivity contribution is -0.148. The molecule has 0 spiro atoms. The van der Waals surface area contributed by atoms with Crippen molar-refractivity contribution in [2.24, 2.45) is 17.3 Å². The lowest BCUT2D eigenvalue weighted by Gasteiger charge is -2.19. The maximum atomic E-state index is 11.6. The molecular formula is C112H158N2O5S. The molecule has 6 unspecified atom stereocenters. The van der Waals surface area contributed by atoms with Gasteiger partial charge in [-0.15, -0.1) is 11.3 Å². The van der Waals surface area contributed by atoms with Gasteiger partial charge in [0.05, 0.1) is 17.9 Å². The quantitative estimate of drug-likeness (QED) is 0.0621. The summed E-state index contributed by atoms with van der Waals surface area (Å²) in [7, 11) is 0. The molecule has 8 heteroatoms. The zero-order chi connectivity index (χ0) is 90.1. The van der Waals surface area contributed by atoms with Gasteiger partial charge in [-0.1, -0.05) is 381 Å². The highest BCUT2D eigenvalue weighted by molar-refractivity contribution is 7.17. The molecule has 2 aliphatic rings. The van der Waals surface area contributed by atoms with Gasteiger partial charge in [0.2, 0.25) is 5.91 Å². The first-order valence-corrected chi connectivity index (χ1v) is 46.8. The Bertz CT molecular complexity index is 4680. The van der Waals surface area contributed by atoms with Crippen LogP contribution in [0.2, 0.25) is 0 Å². The van der Waals surface area contributed by atoms with Gasteiger partial charge >= 0.3 is 11.9 Å². The monoisotopic (exact) mass is 1640 g/mol. The number of H-pyrrole nitrogens is 1. The molecule has 1 amide bonds. The van der Waals surface area contributed by atoms with Crippen molar-refractivity contribution >= 4 is 66.8 Å². The summed E-state index contributed by atoms with van der Waals surface area (Å²) in [6, 6.07) is 84.2. The molecule has 0 radical (unpaired) electrons. The summed E-state index contributed by atoms with van der Waals surface area (Å²) in [5.74, 6) is 3.17. The number of hydrogen-bond acceptors (Lipinski definition) is 6. The molecule has 0 bridgehead atoms. The molecule has 12 aromatic rings. The summed E-state index contributed by atoms with van der Waals surface area (Å²) >= 11 is 1.82. The topological polar surface area (TPSA) is 97.5 Å². The van der Waals surface area contributed by atoms with Crippen molar-refractivity contribution in [1.82, 2.24) is 4.98 Å². The van der Waals surface area contributed by atoms with Gasteiger partial charge in [-0.25, -0.2) is 0 Å². The Labute approximate surface area is 734 Å². The minimum absolute atomic E-state index is 0.0146. The van der Waals surface area contributed by atoms with Gasteiger partial charge in [0.15, 0.2) is 0 Å². The molecule has 2 aliphatic carbocycles. The number of nitrogens with one attached hydrogen (secondary N) is 2. The van der Waals surface area contributed by atoms with E-state index in [1.54, 1.807) is 23.3 Å². The van der Waals surface area contributed by atoms with E-state index < -0.39 is 5.41 Å². The molecule has 0 aliphatic heterocycles. The average Bonchev–Trinajstić information content (AvgIpc) is 1.62. The molecule has 2 aromatic heterocycles. The van der Waals surface area contributed by atoms with Crippen LogP contribution >= 0.6 is 11.3 Å². The number of aromatic amines is 1. The number of para-hydroxylation sites is 3. The van der Waals surface area contributed by atoms with Gasteiger partial charge in [-0.3, -0.25) is 14.4 Å². The lowest BCUT2D eigenvalue weighted by atomic mass is 9.91. The van der Waals surface area contributed by atoms with Crippen LogP contribution in [0.5, 0.6) is 5.75 Å². The summed E-state index contributed by atoms with van der Waals surface area (Å²) < 4.78 is 11.8. The average molecular weight is 1640 g/mol. The van der Waals surface area contributed by atoms with Gasteiger partial charge < -0.3 is 19.8 Å². The van der Waals surface area contributed by atoms with E-state index in [9.17, 15) is 14.4 Å². The van der Waals surface area contributed by atoms with Crippen LogP contribution in [-0.2, 0) is 38.4 Å². The number of fused-ring (bicyclic) bond motifs is 10. The molecule has 0 fully saturated rings. The van der Waals surface area contributed by atoms with Crippen LogP contribution in [0.1, 0.15) is 319 Å². The number of carbonyl (C=O) groups excluding carboxylic acids is 3. The van der Waals surface area contributed by atoms with E-state index in [1.807, 2.05) is 236 Å². The summed E-state index contributed by atoms with van der Waals surface area (Å²) in [6.07, 6.45) is 10.3. The van der Waals surface area contributed by atoms with Crippen molar-refractivity contribution in [2.75, 3.05) is 11.9 Å². The maximum Gasteiger partial charge on any atom is 0.316 e. The first-order chi connectivity index (χ1) is 58.3. The van der Waals surface area contributed by atoms with Crippen LogP contribution in [0.25, 0.3) is 54.1 Å². The Balaban J connectivity index is 0.000000684. The molecule has 0 saturated carbocycles. The number of amides is 1. The van der Waals surface area contributed by atoms with Gasteiger partial charge in [-0.05, 0) is 227 Å². The molecule has 2 N–H and O–H groups in total. The predicted octanol–water partition coefficient (Wildman–Crippen LogP) is 34.5. The van der Waals surface area contributed by atoms with E-state index in [4.69, 9.17) is 9.47 Å². The standard InChI is InChI=1S/2C17H18.C16H17N.C13H18O2.C12H16O2.C12H14S.C11H15NO.7C2H6/c1-3-12(2)14-9-6-10-16-15-8-5-4-7-13(15)11-17(14)16;1-3-12(2)13-8-9-17-15(10-13)11-14-6-4-5-7-16(14)17;1-3-11(2)12-8-6-10-15-16(12)13-7-4-5-9-14(13)17-15;1-3-11(2)13(14)15-10-9-12-7-5-4-6-8-12;1-4-12(2,3)11(13)14-10-8-6-5-7-9-10;1-3-9(2)10-4-5-12-11(8-10)6-7-13-12;1-3-9(2)11(13)12-10-7-5-4-6-8-10;7*1-2/h2*4-10,12H,3,11H2,1-2H3;4-11,17H,3H2,1-2H3;4-8,11H,3,9-10H2,1-2H3;5-9H,4H2,1-3H3;4-9H,3H2,1-2H3;4-9H,3H2,1-2H3,(H,12,13);7*1-2H3. The van der Waals surface area contributed by atoms with Crippen LogP contribution in [0.3, 0.4) is 0 Å². The summed E-state index contributed by atoms with van der Waals surface area (Å²) in [5.41, 5.74) is 21.9. The van der Waals surface area contributed by atoms with Crippen LogP contribution in [0.4, 0.5) is 5.69 Å². The fourth-order valence-corrected chi connectivity index (χ4v) is 13.5. The minimum Gasteiger partial charge on any atom is -0.465 e. The molecular weight excluding hydrogens is 1490 g/mol. The number of thiophene rings is 1. The number of benzene rings is 10. The van der Waals surface area contributed by atoms with Gasteiger partial charge in [-0.2, -0.15) is 0 Å². The van der Waals surface area contributed by atoms with Gasteiger partial charge in [0.1, 0.15) is 5.75 Å². The van der Waals surface area contributed by atoms with Crippen LogP contribution in [0, 0.1) is 17.3 Å². The normalized spacial score (nSPS) is 11.8. The number of ether oxygens (including phenoxy) is 2. The Morgan fingerprint density at radius 2 is 0.883 bits per heavy atom. The second-order valence-electron chi connectivity index (χ2n) is 29.2. The van der Waals surface area contributed by atoms with Gasteiger partial charge in [0.25, 0.3) is 0 Å². The zero-order valence-electron chi connectivity index (χ0n) is 79.9. The number of rotatable bonds is 19.